The number of nitro benzene ring substituents is 1. The van der Waals surface area contributed by atoms with Crippen molar-refractivity contribution in [1.82, 2.24) is 15.1 Å². The first-order chi connectivity index (χ1) is 12.2. The molecule has 13 nitrogen and oxygen atoms in total. The average Bonchev–Trinajstić information content (AvgIpc) is 2.94. The highest BCUT2D eigenvalue weighted by Gasteiger charge is 2.30. The van der Waals surface area contributed by atoms with Gasteiger partial charge >= 0.3 is 0 Å². The number of aromatic hydroxyl groups is 1. The van der Waals surface area contributed by atoms with Crippen LogP contribution in [0, 0.1) is 20.4 Å². The van der Waals surface area contributed by atoms with Gasteiger partial charge in [0.1, 0.15) is 16.5 Å². The Morgan fingerprint density at radius 1 is 1.33 bits per heavy atom. The van der Waals surface area contributed by atoms with E-state index in [4.69, 9.17) is 18.6 Å². The van der Waals surface area contributed by atoms with E-state index in [1.165, 1.54) is 34.7 Å². The van der Waals surface area contributed by atoms with Crippen molar-refractivity contribution in [3.05, 3.63) is 34.6 Å². The molecule has 0 saturated heterocycles. The maximum atomic E-state index is 11.3. The fourth-order valence-electron chi connectivity index (χ4n) is 2.13. The van der Waals surface area contributed by atoms with Gasteiger partial charge in [-0.1, -0.05) is 4.68 Å². The fourth-order valence-corrected chi connectivity index (χ4v) is 2.13. The van der Waals surface area contributed by atoms with Crippen molar-refractivity contribution in [2.45, 2.75) is 32.7 Å². The summed E-state index contributed by atoms with van der Waals surface area (Å²) in [7, 11) is -4.94. The predicted octanol–water partition coefficient (Wildman–Crippen LogP) is -3.87. The Labute approximate surface area is 154 Å². The van der Waals surface area contributed by atoms with E-state index in [-0.39, 0.29) is 29.3 Å². The number of tetrazole rings is 1. The summed E-state index contributed by atoms with van der Waals surface area (Å²) in [6, 6.07) is 3.69. The molecule has 1 heterocycles. The number of carbonyl (C=O) groups is 1. The third-order valence-corrected chi connectivity index (χ3v) is 3.17. The molecule has 1 aromatic carbocycles. The van der Waals surface area contributed by atoms with Crippen molar-refractivity contribution in [3.8, 4) is 11.4 Å². The lowest BCUT2D eigenvalue weighted by molar-refractivity contribution is -2.00. The van der Waals surface area contributed by atoms with Crippen LogP contribution in [0.3, 0.4) is 0 Å². The van der Waals surface area contributed by atoms with Crippen LogP contribution in [-0.2, 0) is 10.3 Å². The van der Waals surface area contributed by atoms with Crippen LogP contribution in [-0.4, -0.2) is 30.9 Å². The standard InChI is InChI=1S/C13H15N5O4.ClHO4/c1-9(19)7-13(2,3)17-8-16(14-15-17)11-5-4-10(18(21)22)6-12(11)20;2-1(3,4)5/h4-6,8H,7H2,1-3H3;(H,2,3,4,5). The molecule has 0 aliphatic carbocycles. The Morgan fingerprint density at radius 3 is 2.33 bits per heavy atom. The molecule has 0 amide bonds. The molecule has 0 bridgehead atoms. The van der Waals surface area contributed by atoms with Gasteiger partial charge in [-0.25, -0.2) is 18.6 Å². The van der Waals surface area contributed by atoms with Crippen LogP contribution >= 0.6 is 0 Å². The Morgan fingerprint density at radius 2 is 1.89 bits per heavy atom. The van der Waals surface area contributed by atoms with Crippen molar-refractivity contribution in [3.63, 3.8) is 0 Å². The van der Waals surface area contributed by atoms with E-state index >= 15 is 0 Å². The van der Waals surface area contributed by atoms with Crippen molar-refractivity contribution < 1.29 is 48.4 Å². The van der Waals surface area contributed by atoms with Crippen molar-refractivity contribution in [1.29, 1.82) is 0 Å². The Kier molecular flexibility index (Phi) is 6.88. The quantitative estimate of drug-likeness (QED) is 0.290. The number of ketones is 1. The lowest BCUT2D eigenvalue weighted by Crippen LogP contribution is -2.68. The highest BCUT2D eigenvalue weighted by Crippen LogP contribution is 2.25. The summed E-state index contributed by atoms with van der Waals surface area (Å²) in [6.07, 6.45) is 1.80. The zero-order chi connectivity index (χ0) is 21.0. The highest BCUT2D eigenvalue weighted by molar-refractivity contribution is 5.76. The Balaban J connectivity index is 0.000000646. The Bertz CT molecular complexity index is 826. The molecule has 1 N–H and O–H groups in total. The minimum absolute atomic E-state index is 0.0187. The highest BCUT2D eigenvalue weighted by atomic mass is 35.7. The van der Waals surface area contributed by atoms with Crippen LogP contribution in [0.1, 0.15) is 27.2 Å². The largest absolute Gasteiger partial charge is 0.504 e. The second-order valence-corrected chi connectivity index (χ2v) is 6.74. The molecule has 0 aliphatic rings. The lowest BCUT2D eigenvalue weighted by atomic mass is 9.99. The van der Waals surface area contributed by atoms with Crippen molar-refractivity contribution in [2.75, 3.05) is 0 Å². The number of non-ortho nitro benzene ring substituents is 1. The molecule has 2 rings (SSSR count). The van der Waals surface area contributed by atoms with Crippen LogP contribution in [0.25, 0.3) is 5.69 Å². The number of hydrogen-bond donors (Lipinski definition) is 1. The van der Waals surface area contributed by atoms with E-state index in [9.17, 15) is 20.0 Å². The van der Waals surface area contributed by atoms with E-state index in [1.54, 1.807) is 0 Å². The third-order valence-electron chi connectivity index (χ3n) is 3.17. The van der Waals surface area contributed by atoms with Gasteiger partial charge in [-0.3, -0.25) is 14.9 Å². The molecule has 1 aromatic heterocycles. The lowest BCUT2D eigenvalue weighted by Gasteiger charge is -2.17. The molecule has 0 unspecified atom stereocenters. The summed E-state index contributed by atoms with van der Waals surface area (Å²) in [6.45, 7) is 5.17. The molecule has 2 aromatic rings. The maximum Gasteiger partial charge on any atom is 0.273 e. The molecule has 0 atom stereocenters. The number of aromatic nitrogens is 4. The van der Waals surface area contributed by atoms with Gasteiger partial charge < -0.3 is 5.11 Å². The number of Topliss-reactive ketones (excluding diaryl/α,β-unsaturated/α-hetero) is 1. The van der Waals surface area contributed by atoms with E-state index in [2.05, 4.69) is 10.4 Å². The van der Waals surface area contributed by atoms with Gasteiger partial charge in [0.2, 0.25) is 0 Å². The third kappa shape index (κ3) is 7.20. The van der Waals surface area contributed by atoms with Crippen LogP contribution in [0.2, 0.25) is 0 Å². The minimum atomic E-state index is -4.94. The summed E-state index contributed by atoms with van der Waals surface area (Å²) in [5.41, 5.74) is -0.526. The molecule has 0 radical (unpaired) electrons. The number of nitrogens with zero attached hydrogens (tertiary/aromatic N) is 5. The molecular weight excluding hydrogens is 390 g/mol. The molecule has 148 valence electrons. The summed E-state index contributed by atoms with van der Waals surface area (Å²) < 4.78 is 36.8. The van der Waals surface area contributed by atoms with Crippen LogP contribution in [0.15, 0.2) is 24.5 Å². The summed E-state index contributed by atoms with van der Waals surface area (Å²) in [5.74, 6) is -0.263. The van der Waals surface area contributed by atoms with Gasteiger partial charge in [-0.05, 0) is 26.8 Å². The van der Waals surface area contributed by atoms with Crippen molar-refractivity contribution >= 4 is 11.5 Å². The number of rotatable bonds is 5. The van der Waals surface area contributed by atoms with Crippen molar-refractivity contribution in [2.24, 2.45) is 0 Å². The first-order valence-electron chi connectivity index (χ1n) is 7.14. The summed E-state index contributed by atoms with van der Waals surface area (Å²) in [4.78, 5) is 21.4. The number of phenolic OH excluding ortho intramolecular Hbond substituents is 1. The normalized spacial score (nSPS) is 11.5. The maximum absolute atomic E-state index is 11.3. The van der Waals surface area contributed by atoms with Crippen LogP contribution in [0.5, 0.6) is 5.75 Å². The molecular formula is C13H16ClN5O8. The van der Waals surface area contributed by atoms with Gasteiger partial charge in [0.05, 0.1) is 11.0 Å². The van der Waals surface area contributed by atoms with Crippen LogP contribution < -0.4 is 23.3 Å². The SMILES string of the molecule is CC(=O)CC(C)(C)[n+]1cn(-c2ccc([N+](=O)[O-])cc2O)nn1.[O-][Cl+3]([O-])([O-])[O-]. The van der Waals surface area contributed by atoms with E-state index in [0.29, 0.717) is 0 Å². The number of halogens is 1. The average molecular weight is 406 g/mol. The van der Waals surface area contributed by atoms with Gasteiger partial charge in [0, 0.05) is 12.5 Å². The number of benzene rings is 1. The topological polar surface area (TPSA) is 207 Å². The molecule has 0 fully saturated rings. The molecule has 0 aliphatic heterocycles. The second-order valence-electron chi connectivity index (χ2n) is 5.98. The summed E-state index contributed by atoms with van der Waals surface area (Å²) >= 11 is 0. The summed E-state index contributed by atoms with van der Waals surface area (Å²) in [5, 5.41) is 28.4. The second kappa shape index (κ2) is 8.32. The molecule has 0 spiro atoms. The predicted molar refractivity (Wildman–Crippen MR) is 74.5 cm³/mol. The van der Waals surface area contributed by atoms with Gasteiger partial charge in [0.15, 0.2) is 16.7 Å². The minimum Gasteiger partial charge on any atom is -0.504 e. The smallest absolute Gasteiger partial charge is 0.273 e. The zero-order valence-corrected chi connectivity index (χ0v) is 15.2. The zero-order valence-electron chi connectivity index (χ0n) is 14.4. The van der Waals surface area contributed by atoms with Gasteiger partial charge in [0.25, 0.3) is 12.0 Å². The van der Waals surface area contributed by atoms with E-state index in [0.717, 1.165) is 6.07 Å². The van der Waals surface area contributed by atoms with Gasteiger partial charge in [-0.15, -0.1) is 14.9 Å². The van der Waals surface area contributed by atoms with Crippen LogP contribution in [0.4, 0.5) is 5.69 Å². The number of carbonyl (C=O) groups excluding carboxylic acids is 1. The Hall–Kier alpha value is -2.71. The monoisotopic (exact) mass is 405 g/mol. The molecule has 0 saturated carbocycles. The molecule has 27 heavy (non-hydrogen) atoms. The van der Waals surface area contributed by atoms with E-state index < -0.39 is 20.7 Å². The van der Waals surface area contributed by atoms with E-state index in [1.807, 2.05) is 13.8 Å². The van der Waals surface area contributed by atoms with Gasteiger partial charge in [-0.2, -0.15) is 0 Å². The number of nitro groups is 1. The first-order valence-corrected chi connectivity index (χ1v) is 8.38. The molecule has 14 heteroatoms. The number of phenols is 1. The fraction of sp³-hybridized carbons (Fsp3) is 0.385. The number of hydrogen-bond acceptors (Lipinski definition) is 10. The first kappa shape index (κ1) is 22.3.